The second kappa shape index (κ2) is 12.4. The van der Waals surface area contributed by atoms with E-state index in [9.17, 15) is 0 Å². The first-order chi connectivity index (χ1) is 7.50. The molecule has 0 saturated heterocycles. The van der Waals surface area contributed by atoms with Gasteiger partial charge in [-0.05, 0) is 19.3 Å². The summed E-state index contributed by atoms with van der Waals surface area (Å²) in [5.41, 5.74) is 0. The first-order valence-electron chi connectivity index (χ1n) is 5.45. The molecule has 3 radical (unpaired) electrons. The monoisotopic (exact) mass is 313 g/mol. The molecule has 0 saturated carbocycles. The normalized spacial score (nSPS) is 16.5. The Morgan fingerprint density at radius 3 is 0.625 bits per heavy atom. The van der Waals surface area contributed by atoms with Gasteiger partial charge in [0.15, 0.2) is 0 Å². The van der Waals surface area contributed by atoms with Gasteiger partial charge >= 0.3 is 0 Å². The summed E-state index contributed by atoms with van der Waals surface area (Å²) < 4.78 is 0. The van der Waals surface area contributed by atoms with Crippen molar-refractivity contribution in [1.82, 2.24) is 0 Å². The van der Waals surface area contributed by atoms with Gasteiger partial charge in [-0.3, -0.25) is 0 Å². The van der Waals surface area contributed by atoms with Crippen LogP contribution in [0.4, 0.5) is 0 Å². The number of hydrogen-bond acceptors (Lipinski definition) is 0. The van der Waals surface area contributed by atoms with Crippen molar-refractivity contribution >= 4 is 25.8 Å². The Labute approximate surface area is 118 Å². The molecule has 0 nitrogen and oxygen atoms in total. The topological polar surface area (TPSA) is 0 Å². The average Bonchev–Trinajstić information content (AvgIpc) is 3.09. The summed E-state index contributed by atoms with van der Waals surface area (Å²) >= 11 is 0. The van der Waals surface area contributed by atoms with Gasteiger partial charge in [-0.2, -0.15) is 0 Å². The van der Waals surface area contributed by atoms with Crippen molar-refractivity contribution in [3.05, 3.63) is 72.9 Å². The van der Waals surface area contributed by atoms with E-state index in [1.54, 1.807) is 0 Å². The average molecular weight is 313 g/mol. The second-order valence-corrected chi connectivity index (χ2v) is 3.28. The van der Waals surface area contributed by atoms with E-state index in [1.807, 2.05) is 0 Å². The van der Waals surface area contributed by atoms with Gasteiger partial charge in [-0.25, -0.2) is 0 Å². The molecule has 3 aliphatic carbocycles. The summed E-state index contributed by atoms with van der Waals surface area (Å²) in [6.45, 7) is 0. The van der Waals surface area contributed by atoms with Gasteiger partial charge in [0.1, 0.15) is 0 Å². The first-order valence-corrected chi connectivity index (χ1v) is 5.45. The quantitative estimate of drug-likeness (QED) is 0.631. The predicted molar refractivity (Wildman–Crippen MR) is 74.4 cm³/mol. The van der Waals surface area contributed by atoms with Crippen LogP contribution in [0.3, 0.4) is 0 Å². The third-order valence-electron chi connectivity index (χ3n) is 1.97. The van der Waals surface area contributed by atoms with Crippen LogP contribution in [0.5, 0.6) is 0 Å². The van der Waals surface area contributed by atoms with Crippen LogP contribution in [-0.4, -0.2) is 25.8 Å². The minimum absolute atomic E-state index is 0. The van der Waals surface area contributed by atoms with Crippen LogP contribution in [0.15, 0.2) is 72.9 Å². The van der Waals surface area contributed by atoms with Crippen molar-refractivity contribution in [2.24, 2.45) is 0 Å². The van der Waals surface area contributed by atoms with Crippen LogP contribution in [0.2, 0.25) is 0 Å². The molecule has 0 unspecified atom stereocenters. The fraction of sp³-hybridized carbons (Fsp3) is 0.200. The number of allylic oxidation sites excluding steroid dienone is 12. The fourth-order valence-corrected chi connectivity index (χ4v) is 1.18. The van der Waals surface area contributed by atoms with Gasteiger partial charge in [0.05, 0.1) is 0 Å². The van der Waals surface area contributed by atoms with Gasteiger partial charge in [0, 0.05) is 25.8 Å². The van der Waals surface area contributed by atoms with Crippen molar-refractivity contribution in [2.75, 3.05) is 0 Å². The molecule has 0 atom stereocenters. The standard InChI is InChI=1S/3C5H6.In/c3*1-2-4-5-3-1;/h3*1-4H,5H2;. The van der Waals surface area contributed by atoms with Gasteiger partial charge in [-0.1, -0.05) is 72.9 Å². The van der Waals surface area contributed by atoms with E-state index in [0.29, 0.717) is 0 Å². The van der Waals surface area contributed by atoms with E-state index < -0.39 is 0 Å². The Kier molecular flexibility index (Phi) is 11.8. The van der Waals surface area contributed by atoms with Crippen molar-refractivity contribution in [1.29, 1.82) is 0 Å². The summed E-state index contributed by atoms with van der Waals surface area (Å²) in [4.78, 5) is 0. The molecule has 16 heavy (non-hydrogen) atoms. The summed E-state index contributed by atoms with van der Waals surface area (Å²) in [7, 11) is 0. The van der Waals surface area contributed by atoms with Gasteiger partial charge in [0.25, 0.3) is 0 Å². The molecule has 3 aliphatic rings. The third-order valence-corrected chi connectivity index (χ3v) is 1.97. The zero-order chi connectivity index (χ0) is 10.6. The molecule has 0 spiro atoms. The van der Waals surface area contributed by atoms with E-state index in [0.717, 1.165) is 19.3 Å². The molecule has 0 aromatic rings. The van der Waals surface area contributed by atoms with E-state index >= 15 is 0 Å². The van der Waals surface area contributed by atoms with Crippen LogP contribution >= 0.6 is 0 Å². The smallest absolute Gasteiger partial charge is 0 e. The van der Waals surface area contributed by atoms with Crippen molar-refractivity contribution in [2.45, 2.75) is 19.3 Å². The Morgan fingerprint density at radius 2 is 0.562 bits per heavy atom. The minimum atomic E-state index is 0. The maximum atomic E-state index is 2.12. The zero-order valence-electron chi connectivity index (χ0n) is 9.63. The molecule has 1 heteroatoms. The van der Waals surface area contributed by atoms with Gasteiger partial charge in [0.2, 0.25) is 0 Å². The van der Waals surface area contributed by atoms with E-state index in [-0.39, 0.29) is 25.8 Å². The molecule has 0 heterocycles. The maximum absolute atomic E-state index is 2.12. The van der Waals surface area contributed by atoms with Crippen LogP contribution in [0, 0.1) is 0 Å². The molecule has 0 N–H and O–H groups in total. The predicted octanol–water partition coefficient (Wildman–Crippen LogP) is 4.13. The maximum Gasteiger partial charge on any atom is 0 e. The molecule has 0 aromatic carbocycles. The van der Waals surface area contributed by atoms with Crippen LogP contribution in [-0.2, 0) is 0 Å². The molecule has 0 aromatic heterocycles. The Bertz CT molecular complexity index is 232. The number of rotatable bonds is 0. The second-order valence-electron chi connectivity index (χ2n) is 3.28. The van der Waals surface area contributed by atoms with Crippen LogP contribution < -0.4 is 0 Å². The Morgan fingerprint density at radius 1 is 0.375 bits per heavy atom. The van der Waals surface area contributed by atoms with Crippen molar-refractivity contribution < 1.29 is 0 Å². The fourth-order valence-electron chi connectivity index (χ4n) is 1.18. The van der Waals surface area contributed by atoms with Crippen molar-refractivity contribution in [3.8, 4) is 0 Å². The third kappa shape index (κ3) is 9.85. The van der Waals surface area contributed by atoms with E-state index in [2.05, 4.69) is 72.9 Å². The summed E-state index contributed by atoms with van der Waals surface area (Å²) in [5, 5.41) is 0. The Balaban J connectivity index is 0.000000205. The molecule has 0 amide bonds. The largest absolute Gasteiger partial charge is 0.0808 e. The molecule has 0 bridgehead atoms. The molecule has 0 fully saturated rings. The van der Waals surface area contributed by atoms with E-state index in [1.165, 1.54) is 0 Å². The first kappa shape index (κ1) is 15.3. The molecule has 0 aliphatic heterocycles. The number of hydrogen-bond donors (Lipinski definition) is 0. The van der Waals surface area contributed by atoms with Gasteiger partial charge in [-0.15, -0.1) is 0 Å². The summed E-state index contributed by atoms with van der Waals surface area (Å²) in [5.74, 6) is 0. The molecular weight excluding hydrogens is 295 g/mol. The molecule has 81 valence electrons. The molecular formula is C15H18In. The van der Waals surface area contributed by atoms with E-state index in [4.69, 9.17) is 0 Å². The molecule has 3 rings (SSSR count). The van der Waals surface area contributed by atoms with Crippen LogP contribution in [0.1, 0.15) is 19.3 Å². The minimum Gasteiger partial charge on any atom is -0.0808 e. The summed E-state index contributed by atoms with van der Waals surface area (Å²) in [6, 6.07) is 0. The van der Waals surface area contributed by atoms with Gasteiger partial charge < -0.3 is 0 Å². The van der Waals surface area contributed by atoms with Crippen molar-refractivity contribution in [3.63, 3.8) is 0 Å². The summed E-state index contributed by atoms with van der Waals surface area (Å²) in [6.07, 6.45) is 28.5. The Hall–Kier alpha value is -0.690. The van der Waals surface area contributed by atoms with Crippen LogP contribution in [0.25, 0.3) is 0 Å². The SMILES string of the molecule is C1=CCC=C1.C1=CCC=C1.C1=CCC=C1.[In]. The zero-order valence-corrected chi connectivity index (χ0v) is 12.9.